The summed E-state index contributed by atoms with van der Waals surface area (Å²) in [5.41, 5.74) is 2.54. The van der Waals surface area contributed by atoms with Crippen LogP contribution in [0.15, 0.2) is 46.2 Å². The van der Waals surface area contributed by atoms with Gasteiger partial charge in [-0.1, -0.05) is 25.0 Å². The Balaban J connectivity index is 1.93. The zero-order valence-electron chi connectivity index (χ0n) is 12.7. The molecule has 0 radical (unpaired) electrons. The van der Waals surface area contributed by atoms with Gasteiger partial charge in [-0.2, -0.15) is 5.10 Å². The van der Waals surface area contributed by atoms with Gasteiger partial charge in [0.25, 0.3) is 5.56 Å². The number of nitrogens with one attached hydrogen (secondary N) is 1. The van der Waals surface area contributed by atoms with E-state index in [4.69, 9.17) is 10.2 Å². The maximum atomic E-state index is 12.4. The van der Waals surface area contributed by atoms with Crippen LogP contribution in [-0.2, 0) is 0 Å². The Morgan fingerprint density at radius 2 is 1.91 bits per heavy atom. The summed E-state index contributed by atoms with van der Waals surface area (Å²) >= 11 is 1.21. The molecule has 23 heavy (non-hydrogen) atoms. The third-order valence-corrected chi connectivity index (χ3v) is 5.11. The first-order valence-corrected chi connectivity index (χ1v) is 8.73. The zero-order chi connectivity index (χ0) is 15.8. The second-order valence-corrected chi connectivity index (χ2v) is 6.65. The number of fused-ring (bicyclic) bond motifs is 1. The fraction of sp³-hybridized carbons (Fsp3) is 0.294. The third-order valence-electron chi connectivity index (χ3n) is 4.56. The molecule has 1 aliphatic carbocycles. The molecule has 0 aliphatic heterocycles. The number of hydrogen-bond donors (Lipinski definition) is 2. The monoisotopic (exact) mass is 326 g/mol. The van der Waals surface area contributed by atoms with Crippen molar-refractivity contribution in [3.05, 3.63) is 46.9 Å². The van der Waals surface area contributed by atoms with Crippen molar-refractivity contribution in [2.75, 3.05) is 0 Å². The Kier molecular flexibility index (Phi) is 3.71. The van der Waals surface area contributed by atoms with E-state index < -0.39 is 0 Å². The standard InChI is InChI=1S/C17H18N4OS/c18-23-13-7-5-11(6-8-13)16-15-14(9-10-19-17(15)22)21(20-16)12-3-1-2-4-12/h5-10,12H,1-4,18H2,(H,19,22). The molecule has 0 bridgehead atoms. The lowest BCUT2D eigenvalue weighted by Crippen LogP contribution is -2.08. The van der Waals surface area contributed by atoms with Gasteiger partial charge in [0, 0.05) is 16.7 Å². The van der Waals surface area contributed by atoms with Crippen LogP contribution >= 0.6 is 11.9 Å². The van der Waals surface area contributed by atoms with E-state index in [-0.39, 0.29) is 5.56 Å². The fourth-order valence-electron chi connectivity index (χ4n) is 3.42. The highest BCUT2D eigenvalue weighted by Gasteiger charge is 2.23. The summed E-state index contributed by atoms with van der Waals surface area (Å²) < 4.78 is 2.05. The van der Waals surface area contributed by atoms with Crippen molar-refractivity contribution in [3.8, 4) is 11.3 Å². The van der Waals surface area contributed by atoms with Crippen LogP contribution in [0.25, 0.3) is 22.2 Å². The number of rotatable bonds is 3. The molecular weight excluding hydrogens is 308 g/mol. The van der Waals surface area contributed by atoms with Gasteiger partial charge in [-0.3, -0.25) is 14.6 Å². The van der Waals surface area contributed by atoms with Gasteiger partial charge in [0.2, 0.25) is 0 Å². The molecule has 0 amide bonds. The van der Waals surface area contributed by atoms with Crippen molar-refractivity contribution in [3.63, 3.8) is 0 Å². The van der Waals surface area contributed by atoms with E-state index in [0.717, 1.165) is 34.5 Å². The smallest absolute Gasteiger partial charge is 0.259 e. The van der Waals surface area contributed by atoms with Crippen LogP contribution in [0.2, 0.25) is 0 Å². The average molecular weight is 326 g/mol. The molecule has 2 aromatic heterocycles. The van der Waals surface area contributed by atoms with Gasteiger partial charge in [-0.15, -0.1) is 0 Å². The third kappa shape index (κ3) is 2.48. The van der Waals surface area contributed by atoms with E-state index >= 15 is 0 Å². The normalized spacial score (nSPS) is 15.5. The van der Waals surface area contributed by atoms with Gasteiger partial charge in [0.05, 0.1) is 16.9 Å². The lowest BCUT2D eigenvalue weighted by molar-refractivity contribution is 0.483. The van der Waals surface area contributed by atoms with E-state index in [2.05, 4.69) is 9.67 Å². The highest BCUT2D eigenvalue weighted by Crippen LogP contribution is 2.34. The van der Waals surface area contributed by atoms with Gasteiger partial charge in [0.15, 0.2) is 0 Å². The number of H-pyrrole nitrogens is 1. The molecule has 3 N–H and O–H groups in total. The molecule has 1 saturated carbocycles. The number of aromatic nitrogens is 3. The molecule has 1 aromatic carbocycles. The van der Waals surface area contributed by atoms with Crippen LogP contribution in [-0.4, -0.2) is 14.8 Å². The lowest BCUT2D eigenvalue weighted by Gasteiger charge is -2.10. The molecule has 118 valence electrons. The second-order valence-electron chi connectivity index (χ2n) is 5.94. The van der Waals surface area contributed by atoms with E-state index in [1.807, 2.05) is 30.3 Å². The minimum absolute atomic E-state index is 0.0842. The molecule has 4 rings (SSSR count). The first-order valence-electron chi connectivity index (χ1n) is 7.85. The van der Waals surface area contributed by atoms with Crippen LogP contribution in [0.5, 0.6) is 0 Å². The SMILES string of the molecule is NSc1ccc(-c2nn(C3CCCC3)c3cc[nH]c(=O)c23)cc1. The van der Waals surface area contributed by atoms with Gasteiger partial charge < -0.3 is 4.98 Å². The van der Waals surface area contributed by atoms with Crippen molar-refractivity contribution < 1.29 is 0 Å². The topological polar surface area (TPSA) is 76.7 Å². The Morgan fingerprint density at radius 1 is 1.17 bits per heavy atom. The summed E-state index contributed by atoms with van der Waals surface area (Å²) in [7, 11) is 0. The van der Waals surface area contributed by atoms with Crippen LogP contribution in [0.4, 0.5) is 0 Å². The summed E-state index contributed by atoms with van der Waals surface area (Å²) in [6.07, 6.45) is 6.42. The van der Waals surface area contributed by atoms with Crippen molar-refractivity contribution in [2.24, 2.45) is 5.14 Å². The zero-order valence-corrected chi connectivity index (χ0v) is 13.5. The molecule has 0 saturated heterocycles. The molecule has 5 nitrogen and oxygen atoms in total. The lowest BCUT2D eigenvalue weighted by atomic mass is 10.1. The largest absolute Gasteiger partial charge is 0.328 e. The van der Waals surface area contributed by atoms with Crippen LogP contribution in [0.1, 0.15) is 31.7 Å². The van der Waals surface area contributed by atoms with E-state index in [9.17, 15) is 4.79 Å². The van der Waals surface area contributed by atoms with Crippen LogP contribution < -0.4 is 10.7 Å². The Bertz CT molecular complexity index is 891. The first-order chi connectivity index (χ1) is 11.3. The predicted molar refractivity (Wildman–Crippen MR) is 93.3 cm³/mol. The quantitative estimate of drug-likeness (QED) is 0.723. The highest BCUT2D eigenvalue weighted by atomic mass is 32.2. The maximum absolute atomic E-state index is 12.4. The minimum Gasteiger partial charge on any atom is -0.328 e. The Hall–Kier alpha value is -2.05. The summed E-state index contributed by atoms with van der Waals surface area (Å²) in [4.78, 5) is 16.2. The van der Waals surface area contributed by atoms with Crippen molar-refractivity contribution in [1.29, 1.82) is 0 Å². The molecule has 3 aromatic rings. The number of aromatic amines is 1. The molecule has 2 heterocycles. The van der Waals surface area contributed by atoms with Crippen molar-refractivity contribution in [1.82, 2.24) is 14.8 Å². The number of pyridine rings is 1. The average Bonchev–Trinajstić information content (AvgIpc) is 3.23. The van der Waals surface area contributed by atoms with E-state index in [0.29, 0.717) is 11.4 Å². The maximum Gasteiger partial charge on any atom is 0.259 e. The summed E-state index contributed by atoms with van der Waals surface area (Å²) in [5, 5.41) is 11.1. The Labute approximate surface area is 138 Å². The molecule has 0 atom stereocenters. The van der Waals surface area contributed by atoms with Crippen LogP contribution in [0.3, 0.4) is 0 Å². The second kappa shape index (κ2) is 5.86. The summed E-state index contributed by atoms with van der Waals surface area (Å²) in [6, 6.07) is 10.2. The number of nitrogens with zero attached hydrogens (tertiary/aromatic N) is 2. The molecule has 0 unspecified atom stereocenters. The van der Waals surface area contributed by atoms with Crippen molar-refractivity contribution in [2.45, 2.75) is 36.6 Å². The van der Waals surface area contributed by atoms with Crippen LogP contribution in [0, 0.1) is 0 Å². The fourth-order valence-corrected chi connectivity index (χ4v) is 3.71. The van der Waals surface area contributed by atoms with Gasteiger partial charge in [-0.25, -0.2) is 0 Å². The van der Waals surface area contributed by atoms with Gasteiger partial charge >= 0.3 is 0 Å². The molecule has 6 heteroatoms. The van der Waals surface area contributed by atoms with Gasteiger partial charge in [0.1, 0.15) is 5.69 Å². The molecule has 1 fully saturated rings. The number of benzene rings is 1. The predicted octanol–water partition coefficient (Wildman–Crippen LogP) is 3.47. The highest BCUT2D eigenvalue weighted by molar-refractivity contribution is 7.97. The van der Waals surface area contributed by atoms with E-state index in [1.165, 1.54) is 24.8 Å². The first kappa shape index (κ1) is 14.5. The number of nitrogens with two attached hydrogens (primary N) is 1. The van der Waals surface area contributed by atoms with Gasteiger partial charge in [-0.05, 0) is 43.0 Å². The van der Waals surface area contributed by atoms with Crippen molar-refractivity contribution >= 4 is 22.9 Å². The Morgan fingerprint density at radius 3 is 2.61 bits per heavy atom. The molecular formula is C17H18N4OS. The van der Waals surface area contributed by atoms with E-state index in [1.54, 1.807) is 6.20 Å². The summed E-state index contributed by atoms with van der Waals surface area (Å²) in [5.74, 6) is 0. The number of hydrogen-bond acceptors (Lipinski definition) is 4. The summed E-state index contributed by atoms with van der Waals surface area (Å²) in [6.45, 7) is 0. The minimum atomic E-state index is -0.0842. The molecule has 1 aliphatic rings. The molecule has 0 spiro atoms.